The van der Waals surface area contributed by atoms with E-state index in [-0.39, 0.29) is 5.69 Å². The third-order valence-corrected chi connectivity index (χ3v) is 4.98. The Kier molecular flexibility index (Phi) is 5.05. The smallest absolute Gasteiger partial charge is 0.232 e. The number of nitrogens with zero attached hydrogens (tertiary/aromatic N) is 3. The zero-order valence-corrected chi connectivity index (χ0v) is 15.3. The number of benzene rings is 2. The summed E-state index contributed by atoms with van der Waals surface area (Å²) in [5, 5.41) is 14.9. The summed E-state index contributed by atoms with van der Waals surface area (Å²) in [6.45, 7) is 6.21. The topological polar surface area (TPSA) is 74.3 Å². The number of nitriles is 1. The molecule has 1 aliphatic heterocycles. The molecule has 0 bridgehead atoms. The Morgan fingerprint density at radius 3 is 2.78 bits per heavy atom. The fraction of sp³-hybridized carbons (Fsp3) is 0.333. The van der Waals surface area contributed by atoms with E-state index in [1.54, 1.807) is 0 Å². The van der Waals surface area contributed by atoms with Crippen LogP contribution in [0.5, 0.6) is 0 Å². The highest BCUT2D eigenvalue weighted by molar-refractivity contribution is 5.94. The lowest BCUT2D eigenvalue weighted by atomic mass is 10.0. The molecule has 1 saturated heterocycles. The van der Waals surface area contributed by atoms with E-state index in [4.69, 9.17) is 9.15 Å². The Bertz CT molecular complexity index is 964. The van der Waals surface area contributed by atoms with E-state index in [2.05, 4.69) is 40.3 Å². The lowest BCUT2D eigenvalue weighted by molar-refractivity contribution is 0.0226. The quantitative estimate of drug-likeness (QED) is 0.749. The van der Waals surface area contributed by atoms with Gasteiger partial charge in [-0.1, -0.05) is 36.4 Å². The molecule has 1 unspecified atom stereocenters. The fourth-order valence-electron chi connectivity index (χ4n) is 3.43. The van der Waals surface area contributed by atoms with Crippen LogP contribution in [0.15, 0.2) is 46.9 Å². The van der Waals surface area contributed by atoms with Crippen LogP contribution >= 0.6 is 0 Å². The summed E-state index contributed by atoms with van der Waals surface area (Å²) in [4.78, 5) is 6.78. The SMILES string of the molecule is CC(CNc1oc(-c2cccc3ccccc23)nc1C#N)N1CCOCC1. The molecule has 0 spiro atoms. The van der Waals surface area contributed by atoms with Crippen LogP contribution in [0.25, 0.3) is 22.2 Å². The molecule has 6 heteroatoms. The molecule has 1 aromatic heterocycles. The number of oxazole rings is 1. The number of morpholine rings is 1. The van der Waals surface area contributed by atoms with Gasteiger partial charge >= 0.3 is 0 Å². The number of hydrogen-bond acceptors (Lipinski definition) is 6. The van der Waals surface area contributed by atoms with Crippen molar-refractivity contribution in [3.8, 4) is 17.5 Å². The Balaban J connectivity index is 1.56. The maximum Gasteiger partial charge on any atom is 0.232 e. The van der Waals surface area contributed by atoms with Gasteiger partial charge in [-0.15, -0.1) is 0 Å². The zero-order valence-electron chi connectivity index (χ0n) is 15.3. The van der Waals surface area contributed by atoms with Crippen LogP contribution in [0.1, 0.15) is 12.6 Å². The van der Waals surface area contributed by atoms with Crippen molar-refractivity contribution in [1.29, 1.82) is 5.26 Å². The number of hydrogen-bond donors (Lipinski definition) is 1. The van der Waals surface area contributed by atoms with E-state index in [0.717, 1.165) is 42.6 Å². The van der Waals surface area contributed by atoms with Crippen molar-refractivity contribution in [2.75, 3.05) is 38.2 Å². The van der Waals surface area contributed by atoms with E-state index in [0.29, 0.717) is 24.4 Å². The minimum absolute atomic E-state index is 0.284. The van der Waals surface area contributed by atoms with Gasteiger partial charge in [0.15, 0.2) is 0 Å². The van der Waals surface area contributed by atoms with Gasteiger partial charge in [0.25, 0.3) is 0 Å². The van der Waals surface area contributed by atoms with Crippen LogP contribution < -0.4 is 5.32 Å². The van der Waals surface area contributed by atoms with Crippen LogP contribution in [-0.4, -0.2) is 48.8 Å². The molecule has 138 valence electrons. The van der Waals surface area contributed by atoms with Crippen LogP contribution in [-0.2, 0) is 4.74 Å². The highest BCUT2D eigenvalue weighted by atomic mass is 16.5. The Morgan fingerprint density at radius 2 is 1.96 bits per heavy atom. The molecule has 0 saturated carbocycles. The lowest BCUT2D eigenvalue weighted by Crippen LogP contribution is -2.45. The molecule has 3 aromatic rings. The number of anilines is 1. The van der Waals surface area contributed by atoms with Gasteiger partial charge in [0.1, 0.15) is 6.07 Å². The van der Waals surface area contributed by atoms with E-state index in [1.807, 2.05) is 30.3 Å². The van der Waals surface area contributed by atoms with Crippen LogP contribution in [0.3, 0.4) is 0 Å². The minimum atomic E-state index is 0.284. The Hall–Kier alpha value is -2.88. The summed E-state index contributed by atoms with van der Waals surface area (Å²) < 4.78 is 11.4. The molecule has 6 nitrogen and oxygen atoms in total. The van der Waals surface area contributed by atoms with E-state index in [1.165, 1.54) is 0 Å². The maximum atomic E-state index is 9.47. The second-order valence-corrected chi connectivity index (χ2v) is 6.71. The number of fused-ring (bicyclic) bond motifs is 1. The first-order valence-corrected chi connectivity index (χ1v) is 9.21. The third kappa shape index (κ3) is 3.65. The van der Waals surface area contributed by atoms with Crippen molar-refractivity contribution in [3.05, 3.63) is 48.2 Å². The van der Waals surface area contributed by atoms with Crippen LogP contribution in [0.2, 0.25) is 0 Å². The average Bonchev–Trinajstić information content (AvgIpc) is 3.15. The summed E-state index contributed by atoms with van der Waals surface area (Å²) >= 11 is 0. The molecule has 0 amide bonds. The van der Waals surface area contributed by atoms with Crippen molar-refractivity contribution in [2.45, 2.75) is 13.0 Å². The molecule has 1 atom stereocenters. The summed E-state index contributed by atoms with van der Waals surface area (Å²) in [5.74, 6) is 0.894. The van der Waals surface area contributed by atoms with Gasteiger partial charge in [0, 0.05) is 31.2 Å². The second-order valence-electron chi connectivity index (χ2n) is 6.71. The maximum absolute atomic E-state index is 9.47. The molecular formula is C21H22N4O2. The van der Waals surface area contributed by atoms with Gasteiger partial charge in [0.05, 0.1) is 13.2 Å². The molecule has 1 N–H and O–H groups in total. The van der Waals surface area contributed by atoms with Gasteiger partial charge in [-0.25, -0.2) is 0 Å². The van der Waals surface area contributed by atoms with Crippen molar-refractivity contribution >= 4 is 16.7 Å². The second kappa shape index (κ2) is 7.78. The molecule has 0 aliphatic carbocycles. The molecule has 0 radical (unpaired) electrons. The monoisotopic (exact) mass is 362 g/mol. The van der Waals surface area contributed by atoms with Crippen molar-refractivity contribution in [1.82, 2.24) is 9.88 Å². The first-order chi connectivity index (χ1) is 13.3. The number of ether oxygens (including phenoxy) is 1. The standard InChI is InChI=1S/C21H22N4O2/c1-15(25-9-11-26-12-10-25)14-23-21-19(13-22)24-20(27-21)18-8-4-6-16-5-2-3-7-17(16)18/h2-8,15,23H,9-12,14H2,1H3. The molecule has 2 heterocycles. The zero-order chi connectivity index (χ0) is 18.6. The lowest BCUT2D eigenvalue weighted by Gasteiger charge is -2.32. The molecule has 4 rings (SSSR count). The van der Waals surface area contributed by atoms with Crippen LogP contribution in [0.4, 0.5) is 5.88 Å². The highest BCUT2D eigenvalue weighted by Gasteiger charge is 2.20. The number of nitrogens with one attached hydrogen (secondary N) is 1. The van der Waals surface area contributed by atoms with Crippen molar-refractivity contribution in [2.24, 2.45) is 0 Å². The molecule has 1 aliphatic rings. The fourth-order valence-corrected chi connectivity index (χ4v) is 3.43. The largest absolute Gasteiger partial charge is 0.419 e. The van der Waals surface area contributed by atoms with Gasteiger partial charge in [-0.3, -0.25) is 4.90 Å². The summed E-state index contributed by atoms with van der Waals surface area (Å²) in [5.41, 5.74) is 1.17. The third-order valence-electron chi connectivity index (χ3n) is 4.98. The van der Waals surface area contributed by atoms with E-state index >= 15 is 0 Å². The van der Waals surface area contributed by atoms with Gasteiger partial charge in [-0.05, 0) is 23.8 Å². The first kappa shape index (κ1) is 17.5. The van der Waals surface area contributed by atoms with Crippen molar-refractivity contribution < 1.29 is 9.15 Å². The number of rotatable bonds is 5. The Morgan fingerprint density at radius 1 is 1.19 bits per heavy atom. The van der Waals surface area contributed by atoms with Gasteiger partial charge in [-0.2, -0.15) is 10.2 Å². The van der Waals surface area contributed by atoms with Gasteiger partial charge in [0.2, 0.25) is 17.5 Å². The van der Waals surface area contributed by atoms with E-state index < -0.39 is 0 Å². The van der Waals surface area contributed by atoms with E-state index in [9.17, 15) is 5.26 Å². The molecule has 2 aromatic carbocycles. The molecule has 1 fully saturated rings. The molecule has 27 heavy (non-hydrogen) atoms. The predicted octanol–water partition coefficient (Wildman–Crippen LogP) is 3.50. The van der Waals surface area contributed by atoms with Crippen LogP contribution in [0, 0.1) is 11.3 Å². The highest BCUT2D eigenvalue weighted by Crippen LogP contribution is 2.31. The summed E-state index contributed by atoms with van der Waals surface area (Å²) in [6.07, 6.45) is 0. The minimum Gasteiger partial charge on any atom is -0.419 e. The molecular weight excluding hydrogens is 340 g/mol. The summed E-state index contributed by atoms with van der Waals surface area (Å²) in [7, 11) is 0. The number of aromatic nitrogens is 1. The van der Waals surface area contributed by atoms with Crippen molar-refractivity contribution in [3.63, 3.8) is 0 Å². The normalized spacial score (nSPS) is 16.1. The Labute approximate surface area is 158 Å². The van der Waals surface area contributed by atoms with Gasteiger partial charge < -0.3 is 14.5 Å². The summed E-state index contributed by atoms with van der Waals surface area (Å²) in [6, 6.07) is 16.5. The predicted molar refractivity (Wildman–Crippen MR) is 105 cm³/mol. The first-order valence-electron chi connectivity index (χ1n) is 9.21. The average molecular weight is 362 g/mol.